The van der Waals surface area contributed by atoms with Crippen LogP contribution in [0.2, 0.25) is 0 Å². The van der Waals surface area contributed by atoms with Gasteiger partial charge in [0.05, 0.1) is 12.7 Å². The van der Waals surface area contributed by atoms with Crippen LogP contribution >= 0.6 is 0 Å². The van der Waals surface area contributed by atoms with E-state index in [0.717, 1.165) is 37.8 Å². The minimum atomic E-state index is -0.362. The highest BCUT2D eigenvalue weighted by atomic mass is 16.5. The third-order valence-corrected chi connectivity index (χ3v) is 3.99. The van der Waals surface area contributed by atoms with Gasteiger partial charge in [0.15, 0.2) is 0 Å². The third kappa shape index (κ3) is 3.80. The Morgan fingerprint density at radius 1 is 1.21 bits per heavy atom. The summed E-state index contributed by atoms with van der Waals surface area (Å²) in [4.78, 5) is 25.0. The average Bonchev–Trinajstić information content (AvgIpc) is 2.62. The first-order valence-corrected chi connectivity index (χ1v) is 7.87. The van der Waals surface area contributed by atoms with Crippen molar-refractivity contribution in [2.45, 2.75) is 0 Å². The highest BCUT2D eigenvalue weighted by Crippen LogP contribution is 2.19. The molecule has 1 aromatic carbocycles. The fourth-order valence-corrected chi connectivity index (χ4v) is 2.57. The predicted octanol–water partition coefficient (Wildman–Crippen LogP) is 1.76. The lowest BCUT2D eigenvalue weighted by Gasteiger charge is -2.32. The molecular weight excluding hydrogens is 306 g/mol. The Balaban J connectivity index is 1.74. The van der Waals surface area contributed by atoms with Crippen molar-refractivity contribution >= 4 is 23.4 Å². The summed E-state index contributed by atoms with van der Waals surface area (Å²) in [6, 6.07) is 8.95. The number of hydrogen-bond donors (Lipinski definition) is 1. The second-order valence-corrected chi connectivity index (χ2v) is 5.73. The van der Waals surface area contributed by atoms with E-state index in [1.807, 2.05) is 12.1 Å². The van der Waals surface area contributed by atoms with E-state index in [1.54, 1.807) is 24.4 Å². The molecule has 7 heteroatoms. The minimum Gasteiger partial charge on any atom is -0.465 e. The zero-order valence-electron chi connectivity index (χ0n) is 13.9. The summed E-state index contributed by atoms with van der Waals surface area (Å²) in [5.74, 6) is 1.05. The number of likely N-dealkylation sites (N-methyl/N-ethyl adjacent to an activating group) is 1. The number of carbonyl (C=O) groups excluding carboxylic acids is 1. The quantitative estimate of drug-likeness (QED) is 0.858. The first-order chi connectivity index (χ1) is 11.7. The molecule has 1 aromatic heterocycles. The number of esters is 1. The Labute approximate surface area is 141 Å². The molecule has 2 heterocycles. The molecule has 0 spiro atoms. The molecule has 7 nitrogen and oxygen atoms in total. The number of carbonyl (C=O) groups is 1. The number of benzene rings is 1. The molecule has 1 aliphatic heterocycles. The molecule has 0 radical (unpaired) electrons. The Hall–Kier alpha value is -2.67. The maximum atomic E-state index is 11.6. The Morgan fingerprint density at radius 2 is 2.00 bits per heavy atom. The topological polar surface area (TPSA) is 70.6 Å². The maximum Gasteiger partial charge on any atom is 0.337 e. The van der Waals surface area contributed by atoms with Crippen molar-refractivity contribution in [1.82, 2.24) is 14.9 Å². The van der Waals surface area contributed by atoms with Crippen LogP contribution < -0.4 is 10.2 Å². The van der Waals surface area contributed by atoms with Crippen molar-refractivity contribution in [2.75, 3.05) is 50.6 Å². The van der Waals surface area contributed by atoms with Crippen LogP contribution in [0.3, 0.4) is 0 Å². The van der Waals surface area contributed by atoms with E-state index in [1.165, 1.54) is 7.11 Å². The van der Waals surface area contributed by atoms with E-state index in [0.29, 0.717) is 11.4 Å². The van der Waals surface area contributed by atoms with Crippen LogP contribution in [-0.2, 0) is 4.74 Å². The molecule has 0 bridgehead atoms. The van der Waals surface area contributed by atoms with E-state index in [9.17, 15) is 4.79 Å². The molecule has 1 saturated heterocycles. The van der Waals surface area contributed by atoms with Gasteiger partial charge < -0.3 is 19.9 Å². The first-order valence-electron chi connectivity index (χ1n) is 7.87. The molecule has 0 unspecified atom stereocenters. The molecule has 24 heavy (non-hydrogen) atoms. The fraction of sp³-hybridized carbons (Fsp3) is 0.353. The van der Waals surface area contributed by atoms with E-state index in [4.69, 9.17) is 4.74 Å². The highest BCUT2D eigenvalue weighted by Gasteiger charge is 2.16. The monoisotopic (exact) mass is 327 g/mol. The van der Waals surface area contributed by atoms with E-state index in [2.05, 4.69) is 32.1 Å². The normalized spacial score (nSPS) is 15.2. The third-order valence-electron chi connectivity index (χ3n) is 3.99. The van der Waals surface area contributed by atoms with Gasteiger partial charge in [0.1, 0.15) is 5.82 Å². The van der Waals surface area contributed by atoms with Crippen molar-refractivity contribution in [3.05, 3.63) is 42.1 Å². The maximum absolute atomic E-state index is 11.6. The lowest BCUT2D eigenvalue weighted by Crippen LogP contribution is -2.45. The fourth-order valence-electron chi connectivity index (χ4n) is 2.57. The summed E-state index contributed by atoms with van der Waals surface area (Å²) >= 11 is 0. The Bertz CT molecular complexity index is 714. The number of ether oxygens (including phenoxy) is 1. The molecule has 0 amide bonds. The molecular formula is C17H21N5O2. The largest absolute Gasteiger partial charge is 0.465 e. The van der Waals surface area contributed by atoms with E-state index >= 15 is 0 Å². The molecule has 1 fully saturated rings. The standard InChI is InChI=1S/C17H21N5O2/c1-21-8-10-22(11-9-21)17-18-7-6-15(20-17)19-14-5-3-4-13(12-14)16(23)24-2/h3-7,12H,8-11H2,1-2H3,(H,18,19,20). The highest BCUT2D eigenvalue weighted by molar-refractivity contribution is 5.90. The van der Waals surface area contributed by atoms with Crippen LogP contribution in [0.5, 0.6) is 0 Å². The zero-order valence-corrected chi connectivity index (χ0v) is 13.9. The number of aromatic nitrogens is 2. The second kappa shape index (κ2) is 7.27. The average molecular weight is 327 g/mol. The Kier molecular flexibility index (Phi) is 4.90. The van der Waals surface area contributed by atoms with Crippen LogP contribution in [0.15, 0.2) is 36.5 Å². The lowest BCUT2D eigenvalue weighted by molar-refractivity contribution is 0.0601. The van der Waals surface area contributed by atoms with Crippen molar-refractivity contribution in [3.63, 3.8) is 0 Å². The van der Waals surface area contributed by atoms with Gasteiger partial charge in [0, 0.05) is 38.1 Å². The van der Waals surface area contributed by atoms with Gasteiger partial charge in [-0.2, -0.15) is 4.98 Å². The van der Waals surface area contributed by atoms with Crippen LogP contribution in [0.25, 0.3) is 0 Å². The molecule has 3 rings (SSSR count). The molecule has 0 atom stereocenters. The van der Waals surface area contributed by atoms with Crippen molar-refractivity contribution in [1.29, 1.82) is 0 Å². The molecule has 0 saturated carbocycles. The zero-order chi connectivity index (χ0) is 16.9. The SMILES string of the molecule is COC(=O)c1cccc(Nc2ccnc(N3CCN(C)CC3)n2)c1. The van der Waals surface area contributed by atoms with Gasteiger partial charge in [-0.05, 0) is 31.3 Å². The second-order valence-electron chi connectivity index (χ2n) is 5.73. The molecule has 0 aliphatic carbocycles. The van der Waals surface area contributed by atoms with Crippen molar-refractivity contribution in [2.24, 2.45) is 0 Å². The van der Waals surface area contributed by atoms with Gasteiger partial charge in [-0.3, -0.25) is 0 Å². The van der Waals surface area contributed by atoms with Gasteiger partial charge in [-0.1, -0.05) is 6.07 Å². The Morgan fingerprint density at radius 3 is 2.75 bits per heavy atom. The molecule has 1 N–H and O–H groups in total. The summed E-state index contributed by atoms with van der Waals surface area (Å²) in [6.45, 7) is 3.83. The number of anilines is 3. The number of nitrogens with one attached hydrogen (secondary N) is 1. The van der Waals surface area contributed by atoms with Crippen molar-refractivity contribution < 1.29 is 9.53 Å². The van der Waals surface area contributed by atoms with E-state index in [-0.39, 0.29) is 5.97 Å². The summed E-state index contributed by atoms with van der Waals surface area (Å²) in [5, 5.41) is 3.22. The molecule has 126 valence electrons. The van der Waals surface area contributed by atoms with Gasteiger partial charge >= 0.3 is 5.97 Å². The van der Waals surface area contributed by atoms with Crippen LogP contribution in [0.1, 0.15) is 10.4 Å². The van der Waals surface area contributed by atoms with Gasteiger partial charge in [-0.15, -0.1) is 0 Å². The summed E-state index contributed by atoms with van der Waals surface area (Å²) in [7, 11) is 3.49. The van der Waals surface area contributed by atoms with Gasteiger partial charge in [0.25, 0.3) is 0 Å². The lowest BCUT2D eigenvalue weighted by atomic mass is 10.2. The number of methoxy groups -OCH3 is 1. The minimum absolute atomic E-state index is 0.362. The summed E-state index contributed by atoms with van der Waals surface area (Å²) in [6.07, 6.45) is 1.74. The van der Waals surface area contributed by atoms with Crippen LogP contribution in [0.4, 0.5) is 17.5 Å². The summed E-state index contributed by atoms with van der Waals surface area (Å²) in [5.41, 5.74) is 1.27. The predicted molar refractivity (Wildman–Crippen MR) is 92.8 cm³/mol. The number of nitrogens with zero attached hydrogens (tertiary/aromatic N) is 4. The smallest absolute Gasteiger partial charge is 0.337 e. The van der Waals surface area contributed by atoms with Crippen LogP contribution in [-0.4, -0.2) is 61.2 Å². The van der Waals surface area contributed by atoms with Crippen molar-refractivity contribution in [3.8, 4) is 0 Å². The van der Waals surface area contributed by atoms with Gasteiger partial charge in [-0.25, -0.2) is 9.78 Å². The number of rotatable bonds is 4. The summed E-state index contributed by atoms with van der Waals surface area (Å²) < 4.78 is 4.75. The van der Waals surface area contributed by atoms with Gasteiger partial charge in [0.2, 0.25) is 5.95 Å². The van der Waals surface area contributed by atoms with Crippen LogP contribution in [0, 0.1) is 0 Å². The number of piperazine rings is 1. The first kappa shape index (κ1) is 16.2. The molecule has 2 aromatic rings. The van der Waals surface area contributed by atoms with E-state index < -0.39 is 0 Å². The molecule has 1 aliphatic rings. The number of hydrogen-bond acceptors (Lipinski definition) is 7.